The second-order valence-electron chi connectivity index (χ2n) is 10.1. The van der Waals surface area contributed by atoms with Crippen LogP contribution in [0.1, 0.15) is 39.3 Å². The molecule has 5 aromatic rings. The van der Waals surface area contributed by atoms with Gasteiger partial charge in [-0.2, -0.15) is 0 Å². The molecule has 11 nitrogen and oxygen atoms in total. The number of carbonyl (C=O) groups is 1. The molecule has 0 aliphatic carbocycles. The van der Waals surface area contributed by atoms with Gasteiger partial charge < -0.3 is 30.5 Å². The highest BCUT2D eigenvalue weighted by molar-refractivity contribution is 7.22. The maximum atomic E-state index is 14.6. The van der Waals surface area contributed by atoms with Gasteiger partial charge in [-0.25, -0.2) is 19.2 Å². The number of rotatable bonds is 14. The van der Waals surface area contributed by atoms with Gasteiger partial charge in [-0.1, -0.05) is 35.3 Å². The molecule has 0 aliphatic heterocycles. The van der Waals surface area contributed by atoms with Gasteiger partial charge in [-0.15, -0.1) is 21.5 Å². The van der Waals surface area contributed by atoms with Crippen LogP contribution in [0, 0.1) is 24.6 Å². The quantitative estimate of drug-likeness (QED) is 0.0880. The monoisotopic (exact) mass is 661 g/mol. The molecule has 238 valence electrons. The van der Waals surface area contributed by atoms with Crippen LogP contribution in [-0.4, -0.2) is 69.7 Å². The molecule has 46 heavy (non-hydrogen) atoms. The first-order chi connectivity index (χ1) is 22.3. The molecule has 0 spiro atoms. The van der Waals surface area contributed by atoms with Gasteiger partial charge in [0, 0.05) is 24.1 Å². The Kier molecular flexibility index (Phi) is 11.1. The zero-order valence-corrected chi connectivity index (χ0v) is 26.8. The smallest absolute Gasteiger partial charge is 0.355 e. The van der Waals surface area contributed by atoms with Crippen LogP contribution in [0.5, 0.6) is 5.75 Å². The molecule has 2 aromatic carbocycles. The fourth-order valence-corrected chi connectivity index (χ4v) is 6.24. The molecule has 4 N–H and O–H groups in total. The molecule has 0 unspecified atom stereocenters. The van der Waals surface area contributed by atoms with Crippen molar-refractivity contribution >= 4 is 60.8 Å². The van der Waals surface area contributed by atoms with E-state index >= 15 is 0 Å². The van der Waals surface area contributed by atoms with Gasteiger partial charge in [0.1, 0.15) is 0 Å². The first-order valence-electron chi connectivity index (χ1n) is 14.5. The third kappa shape index (κ3) is 8.32. The van der Waals surface area contributed by atoms with E-state index in [1.165, 1.54) is 34.8 Å². The highest BCUT2D eigenvalue weighted by atomic mass is 32.1. The number of aryl methyl sites for hydroxylation is 2. The van der Waals surface area contributed by atoms with Crippen molar-refractivity contribution in [2.24, 2.45) is 0 Å². The van der Waals surface area contributed by atoms with Crippen LogP contribution in [0.2, 0.25) is 0 Å². The lowest BCUT2D eigenvalue weighted by Gasteiger charge is -2.15. The number of nitrogens with one attached hydrogen (secondary N) is 2. The molecule has 0 saturated heterocycles. The van der Waals surface area contributed by atoms with Crippen LogP contribution in [0.3, 0.4) is 0 Å². The number of carboxylic acids is 1. The van der Waals surface area contributed by atoms with Crippen LogP contribution in [0.4, 0.5) is 26.3 Å². The van der Waals surface area contributed by atoms with E-state index in [-0.39, 0.29) is 24.7 Å². The van der Waals surface area contributed by atoms with E-state index in [9.17, 15) is 14.3 Å². The van der Waals surface area contributed by atoms with Gasteiger partial charge in [0.2, 0.25) is 0 Å². The topological polar surface area (TPSA) is 146 Å². The number of halogens is 1. The summed E-state index contributed by atoms with van der Waals surface area (Å²) in [6.45, 7) is 3.31. The number of fused-ring (bicyclic) bond motifs is 1. The summed E-state index contributed by atoms with van der Waals surface area (Å²) in [7, 11) is 1.76. The van der Waals surface area contributed by atoms with Crippen molar-refractivity contribution in [3.05, 3.63) is 76.0 Å². The lowest BCUT2D eigenvalue weighted by atomic mass is 10.2. The summed E-state index contributed by atoms with van der Waals surface area (Å²) >= 11 is 2.77. The van der Waals surface area contributed by atoms with Gasteiger partial charge in [0.25, 0.3) is 0 Å². The Balaban J connectivity index is 1.17. The molecule has 3 heterocycles. The standard InChI is InChI=1S/C32H32FN7O4S2/c1-20-18-27(38-39-29(20)37-31-35-23-9-3-4-10-25(23)45-31)40(2)32-36-28(30(42)43)26(46-32)11-6-17-44-24-13-12-21(19-22(24)33)8-5-14-34-15-7-16-41/h3-4,9-10,12-13,18-19,34,41H,6-7,11,14-17H2,1-2H3,(H,42,43)(H,35,37,39). The molecule has 0 saturated carbocycles. The largest absolute Gasteiger partial charge is 0.491 e. The Bertz CT molecular complexity index is 1850. The second-order valence-corrected chi connectivity index (χ2v) is 12.2. The van der Waals surface area contributed by atoms with Crippen molar-refractivity contribution in [3.8, 4) is 17.6 Å². The molecule has 5 rings (SSSR count). The molecule has 0 amide bonds. The molecule has 14 heteroatoms. The van der Waals surface area contributed by atoms with E-state index < -0.39 is 11.8 Å². The van der Waals surface area contributed by atoms with Gasteiger partial charge in [-0.3, -0.25) is 0 Å². The number of benzene rings is 2. The highest BCUT2D eigenvalue weighted by Gasteiger charge is 2.21. The molecule has 0 atom stereocenters. The number of aromatic carboxylic acids is 1. The van der Waals surface area contributed by atoms with Gasteiger partial charge in [-0.05, 0) is 74.7 Å². The number of hydrogen-bond acceptors (Lipinski definition) is 12. The fraction of sp³-hybridized carbons (Fsp3) is 0.281. The number of aromatic nitrogens is 4. The summed E-state index contributed by atoms with van der Waals surface area (Å²) < 4.78 is 21.3. The zero-order chi connectivity index (χ0) is 32.5. The van der Waals surface area contributed by atoms with Gasteiger partial charge >= 0.3 is 5.97 Å². The lowest BCUT2D eigenvalue weighted by Crippen LogP contribution is -2.16. The maximum Gasteiger partial charge on any atom is 0.355 e. The maximum absolute atomic E-state index is 14.6. The average Bonchev–Trinajstić information content (AvgIpc) is 3.66. The Morgan fingerprint density at radius 2 is 1.96 bits per heavy atom. The third-order valence-electron chi connectivity index (χ3n) is 6.71. The number of carboxylic acid groups (broad SMARTS) is 1. The van der Waals surface area contributed by atoms with Crippen molar-refractivity contribution in [2.45, 2.75) is 26.2 Å². The molecule has 0 aliphatic rings. The number of ether oxygens (including phenoxy) is 1. The Labute approximate surface area is 273 Å². The van der Waals surface area contributed by atoms with E-state index in [0.717, 1.165) is 15.8 Å². The number of nitrogens with zero attached hydrogens (tertiary/aromatic N) is 5. The molecule has 3 aromatic heterocycles. The Hall–Kier alpha value is -4.68. The van der Waals surface area contributed by atoms with E-state index in [0.29, 0.717) is 64.7 Å². The van der Waals surface area contributed by atoms with Crippen molar-refractivity contribution in [3.63, 3.8) is 0 Å². The number of para-hydroxylation sites is 1. The minimum atomic E-state index is -1.13. The SMILES string of the molecule is Cc1cc(N(C)c2nc(C(=O)O)c(CCCOc3ccc(C#CCNCCCO)cc3F)s2)nnc1Nc1nc2ccccc2s1. The van der Waals surface area contributed by atoms with Crippen molar-refractivity contribution in [2.75, 3.05) is 43.6 Å². The fourth-order valence-electron chi connectivity index (χ4n) is 4.31. The van der Waals surface area contributed by atoms with Crippen LogP contribution in [-0.2, 0) is 6.42 Å². The highest BCUT2D eigenvalue weighted by Crippen LogP contribution is 2.33. The van der Waals surface area contributed by atoms with Crippen LogP contribution >= 0.6 is 22.7 Å². The molecule has 0 fully saturated rings. The second kappa shape index (κ2) is 15.5. The summed E-state index contributed by atoms with van der Waals surface area (Å²) in [6.07, 6.45) is 1.49. The minimum Gasteiger partial charge on any atom is -0.491 e. The van der Waals surface area contributed by atoms with E-state index in [4.69, 9.17) is 9.84 Å². The number of anilines is 4. The average molecular weight is 662 g/mol. The van der Waals surface area contributed by atoms with Crippen molar-refractivity contribution in [1.29, 1.82) is 0 Å². The summed E-state index contributed by atoms with van der Waals surface area (Å²) in [4.78, 5) is 23.2. The number of hydrogen-bond donors (Lipinski definition) is 4. The Morgan fingerprint density at radius 3 is 2.72 bits per heavy atom. The van der Waals surface area contributed by atoms with E-state index in [2.05, 4.69) is 42.6 Å². The normalized spacial score (nSPS) is 10.9. The first kappa shape index (κ1) is 32.7. The lowest BCUT2D eigenvalue weighted by molar-refractivity contribution is 0.0690. The van der Waals surface area contributed by atoms with Gasteiger partial charge in [0.15, 0.2) is 39.2 Å². The predicted octanol–water partition coefficient (Wildman–Crippen LogP) is 5.54. The van der Waals surface area contributed by atoms with Crippen LogP contribution in [0.15, 0.2) is 48.5 Å². The Morgan fingerprint density at radius 1 is 1.11 bits per heavy atom. The van der Waals surface area contributed by atoms with Crippen LogP contribution < -0.4 is 20.3 Å². The van der Waals surface area contributed by atoms with E-state index in [1.807, 2.05) is 37.3 Å². The van der Waals surface area contributed by atoms with Crippen LogP contribution in [0.25, 0.3) is 10.2 Å². The zero-order valence-electron chi connectivity index (χ0n) is 25.2. The summed E-state index contributed by atoms with van der Waals surface area (Å²) in [5.74, 6) is 5.33. The molecule has 0 radical (unpaired) electrons. The predicted molar refractivity (Wildman–Crippen MR) is 178 cm³/mol. The first-order valence-corrected chi connectivity index (χ1v) is 16.1. The summed E-state index contributed by atoms with van der Waals surface area (Å²) in [6, 6.07) is 14.2. The van der Waals surface area contributed by atoms with Gasteiger partial charge in [0.05, 0.1) is 23.4 Å². The summed E-state index contributed by atoms with van der Waals surface area (Å²) in [5, 5.41) is 34.7. The van der Waals surface area contributed by atoms with Crippen molar-refractivity contribution in [1.82, 2.24) is 25.5 Å². The summed E-state index contributed by atoms with van der Waals surface area (Å²) in [5.41, 5.74) is 2.23. The number of thiazole rings is 2. The third-order valence-corrected chi connectivity index (χ3v) is 8.85. The minimum absolute atomic E-state index is 0.0365. The molecule has 0 bridgehead atoms. The van der Waals surface area contributed by atoms with Crippen molar-refractivity contribution < 1.29 is 24.1 Å². The van der Waals surface area contributed by atoms with E-state index in [1.54, 1.807) is 18.0 Å². The molecular weight excluding hydrogens is 630 g/mol. The number of aliphatic hydroxyl groups is 1. The molecular formula is C32H32FN7O4S2. The number of aliphatic hydroxyl groups excluding tert-OH is 1.